The standard InChI is InChI=1S/C46H40O8/c47-29-39-9-1-3-19-41(39)51-21-23-53-45-35-15-7-16-36(45)26-32-12-6-14-34(44(32)50)28-38-18-8-17-37(27-33-13-5-11-31(25-35)43(33)49)46(38)54-24-22-52-42-20-4-2-10-40(42)30-48/h1-20,29-30,49-50H,21-28H2. The summed E-state index contributed by atoms with van der Waals surface area (Å²) in [5, 5.41) is 23.4. The van der Waals surface area contributed by atoms with Crippen molar-refractivity contribution in [3.63, 3.8) is 0 Å². The number of hydrogen-bond donors (Lipinski definition) is 2. The fraction of sp³-hybridized carbons (Fsp3) is 0.174. The van der Waals surface area contributed by atoms with Gasteiger partial charge >= 0.3 is 0 Å². The van der Waals surface area contributed by atoms with E-state index in [0.29, 0.717) is 59.8 Å². The van der Waals surface area contributed by atoms with Gasteiger partial charge in [0.1, 0.15) is 60.9 Å². The van der Waals surface area contributed by atoms with Gasteiger partial charge in [0.15, 0.2) is 12.6 Å². The lowest BCUT2D eigenvalue weighted by atomic mass is 9.91. The molecular weight excluding hydrogens is 680 g/mol. The number of carbonyl (C=O) groups excluding carboxylic acids is 2. The van der Waals surface area contributed by atoms with Crippen LogP contribution in [0.5, 0.6) is 34.5 Å². The zero-order valence-electron chi connectivity index (χ0n) is 29.7. The topological polar surface area (TPSA) is 112 Å². The van der Waals surface area contributed by atoms with Crippen LogP contribution in [0.1, 0.15) is 65.2 Å². The maximum Gasteiger partial charge on any atom is 0.153 e. The summed E-state index contributed by atoms with van der Waals surface area (Å²) in [6.45, 7) is 0.837. The molecule has 8 bridgehead atoms. The molecule has 0 spiro atoms. The molecule has 6 aromatic carbocycles. The van der Waals surface area contributed by atoms with E-state index in [0.717, 1.165) is 57.1 Å². The van der Waals surface area contributed by atoms with Gasteiger partial charge in [-0.1, -0.05) is 97.1 Å². The van der Waals surface area contributed by atoms with Crippen LogP contribution in [-0.2, 0) is 25.7 Å². The number of benzene rings is 6. The number of ether oxygens (including phenoxy) is 4. The van der Waals surface area contributed by atoms with Gasteiger partial charge in [0, 0.05) is 25.7 Å². The van der Waals surface area contributed by atoms with Gasteiger partial charge in [-0.05, 0) is 68.8 Å². The molecule has 0 radical (unpaired) electrons. The molecule has 0 fully saturated rings. The third kappa shape index (κ3) is 8.08. The highest BCUT2D eigenvalue weighted by molar-refractivity contribution is 5.79. The van der Waals surface area contributed by atoms with Crippen LogP contribution < -0.4 is 18.9 Å². The van der Waals surface area contributed by atoms with E-state index in [2.05, 4.69) is 0 Å². The highest BCUT2D eigenvalue weighted by Gasteiger charge is 2.20. The van der Waals surface area contributed by atoms with E-state index in [4.69, 9.17) is 18.9 Å². The van der Waals surface area contributed by atoms with Gasteiger partial charge in [-0.3, -0.25) is 9.59 Å². The van der Waals surface area contributed by atoms with E-state index < -0.39 is 0 Å². The average Bonchev–Trinajstić information content (AvgIpc) is 3.19. The molecule has 0 saturated heterocycles. The van der Waals surface area contributed by atoms with Crippen LogP contribution >= 0.6 is 0 Å². The van der Waals surface area contributed by atoms with Crippen LogP contribution in [-0.4, -0.2) is 49.2 Å². The van der Waals surface area contributed by atoms with Crippen molar-refractivity contribution in [2.75, 3.05) is 26.4 Å². The molecule has 0 aromatic heterocycles. The summed E-state index contributed by atoms with van der Waals surface area (Å²) >= 11 is 0. The van der Waals surface area contributed by atoms with Crippen molar-refractivity contribution in [3.8, 4) is 34.5 Å². The molecule has 1 aliphatic carbocycles. The Labute approximate surface area is 314 Å². The summed E-state index contributed by atoms with van der Waals surface area (Å²) in [6.07, 6.45) is 3.11. The van der Waals surface area contributed by atoms with Crippen molar-refractivity contribution < 1.29 is 38.7 Å². The second kappa shape index (κ2) is 16.9. The quantitative estimate of drug-likeness (QED) is 0.0958. The van der Waals surface area contributed by atoms with E-state index >= 15 is 0 Å². The van der Waals surface area contributed by atoms with Gasteiger partial charge in [-0.15, -0.1) is 0 Å². The van der Waals surface area contributed by atoms with Crippen molar-refractivity contribution in [3.05, 3.63) is 177 Å². The van der Waals surface area contributed by atoms with Crippen molar-refractivity contribution in [2.45, 2.75) is 25.7 Å². The number of aromatic hydroxyl groups is 2. The van der Waals surface area contributed by atoms with Crippen LogP contribution in [0, 0.1) is 0 Å². The second-order valence-electron chi connectivity index (χ2n) is 13.1. The van der Waals surface area contributed by atoms with Crippen molar-refractivity contribution in [2.24, 2.45) is 0 Å². The fourth-order valence-electron chi connectivity index (χ4n) is 6.89. The van der Waals surface area contributed by atoms with E-state index in [1.165, 1.54) is 0 Å². The molecule has 2 N–H and O–H groups in total. The molecule has 6 aromatic rings. The Morgan fingerprint density at radius 1 is 0.389 bits per heavy atom. The first-order chi connectivity index (χ1) is 26.5. The number of phenolic OH excluding ortho intramolecular Hbond substituents is 2. The van der Waals surface area contributed by atoms with Crippen molar-refractivity contribution >= 4 is 12.6 Å². The average molecular weight is 721 g/mol. The minimum Gasteiger partial charge on any atom is -0.507 e. The molecule has 272 valence electrons. The Hall–Kier alpha value is -6.54. The largest absolute Gasteiger partial charge is 0.507 e. The van der Waals surface area contributed by atoms with Crippen LogP contribution in [0.2, 0.25) is 0 Å². The van der Waals surface area contributed by atoms with E-state index in [9.17, 15) is 19.8 Å². The number of fused-ring (bicyclic) bond motifs is 8. The Morgan fingerprint density at radius 3 is 1.02 bits per heavy atom. The molecule has 0 unspecified atom stereocenters. The van der Waals surface area contributed by atoms with Crippen LogP contribution in [0.25, 0.3) is 0 Å². The van der Waals surface area contributed by atoms with E-state index in [1.54, 1.807) is 36.4 Å². The lowest BCUT2D eigenvalue weighted by molar-refractivity contribution is 0.111. The number of para-hydroxylation sites is 6. The van der Waals surface area contributed by atoms with Crippen molar-refractivity contribution in [1.82, 2.24) is 0 Å². The number of rotatable bonds is 12. The molecular formula is C46H40O8. The number of carbonyl (C=O) groups is 2. The lowest BCUT2D eigenvalue weighted by Gasteiger charge is -2.20. The predicted octanol–water partition coefficient (Wildman–Crippen LogP) is 8.32. The van der Waals surface area contributed by atoms with Gasteiger partial charge in [-0.25, -0.2) is 0 Å². The molecule has 54 heavy (non-hydrogen) atoms. The summed E-state index contributed by atoms with van der Waals surface area (Å²) in [7, 11) is 0. The first-order valence-corrected chi connectivity index (χ1v) is 17.9. The first-order valence-electron chi connectivity index (χ1n) is 17.9. The summed E-state index contributed by atoms with van der Waals surface area (Å²) in [6, 6.07) is 37.5. The van der Waals surface area contributed by atoms with E-state index in [-0.39, 0.29) is 37.9 Å². The van der Waals surface area contributed by atoms with Gasteiger partial charge in [0.05, 0.1) is 11.1 Å². The lowest BCUT2D eigenvalue weighted by Crippen LogP contribution is -2.13. The van der Waals surface area contributed by atoms with E-state index in [1.807, 2.05) is 84.9 Å². The minimum atomic E-state index is 0.197. The van der Waals surface area contributed by atoms with Crippen LogP contribution in [0.15, 0.2) is 121 Å². The molecule has 1 aliphatic rings. The smallest absolute Gasteiger partial charge is 0.153 e. The predicted molar refractivity (Wildman–Crippen MR) is 206 cm³/mol. The molecule has 8 nitrogen and oxygen atoms in total. The number of phenols is 2. The third-order valence-corrected chi connectivity index (χ3v) is 9.55. The Morgan fingerprint density at radius 2 is 0.685 bits per heavy atom. The molecule has 0 heterocycles. The first kappa shape index (κ1) is 35.8. The van der Waals surface area contributed by atoms with Gasteiger partial charge in [0.2, 0.25) is 0 Å². The van der Waals surface area contributed by atoms with Crippen LogP contribution in [0.3, 0.4) is 0 Å². The Bertz CT molecular complexity index is 2030. The zero-order chi connectivity index (χ0) is 37.3. The minimum absolute atomic E-state index is 0.197. The van der Waals surface area contributed by atoms with Gasteiger partial charge in [-0.2, -0.15) is 0 Å². The third-order valence-electron chi connectivity index (χ3n) is 9.55. The normalized spacial score (nSPS) is 12.0. The maximum atomic E-state index is 11.7. The summed E-state index contributed by atoms with van der Waals surface area (Å²) in [5.41, 5.74) is 7.38. The number of hydrogen-bond acceptors (Lipinski definition) is 8. The molecule has 0 aliphatic heterocycles. The van der Waals surface area contributed by atoms with Gasteiger partial charge < -0.3 is 29.2 Å². The molecule has 0 saturated carbocycles. The monoisotopic (exact) mass is 720 g/mol. The summed E-state index contributed by atoms with van der Waals surface area (Å²) in [5.74, 6) is 2.68. The van der Waals surface area contributed by atoms with Gasteiger partial charge in [0.25, 0.3) is 0 Å². The highest BCUT2D eigenvalue weighted by atomic mass is 16.5. The second-order valence-corrected chi connectivity index (χ2v) is 13.1. The summed E-state index contributed by atoms with van der Waals surface area (Å²) < 4.78 is 24.7. The zero-order valence-corrected chi connectivity index (χ0v) is 29.7. The molecule has 7 rings (SSSR count). The Balaban J connectivity index is 1.21. The molecule has 0 atom stereocenters. The molecule has 0 amide bonds. The fourth-order valence-corrected chi connectivity index (χ4v) is 6.89. The number of aldehydes is 2. The Kier molecular flexibility index (Phi) is 11.2. The SMILES string of the molecule is O=Cc1ccccc1OCCOc1c2cccc1Cc1cccc(c1O)Cc1cccc(c1OCCOc1ccccc1C=O)Cc1cccc(c1O)C2. The van der Waals surface area contributed by atoms with Crippen molar-refractivity contribution in [1.29, 1.82) is 0 Å². The molecule has 8 heteroatoms. The van der Waals surface area contributed by atoms with Crippen LogP contribution in [0.4, 0.5) is 0 Å². The summed E-state index contributed by atoms with van der Waals surface area (Å²) in [4.78, 5) is 23.0. The highest BCUT2D eigenvalue weighted by Crippen LogP contribution is 2.38. The maximum absolute atomic E-state index is 11.7.